The number of thiophene rings is 2. The number of anilines is 4. The number of nitrogens with zero attached hydrogens (tertiary/aromatic N) is 2. The van der Waals surface area contributed by atoms with Crippen LogP contribution in [0.15, 0.2) is 71.4 Å². The van der Waals surface area contributed by atoms with E-state index in [9.17, 15) is 14.7 Å². The van der Waals surface area contributed by atoms with Gasteiger partial charge in [-0.15, -0.1) is 22.7 Å². The summed E-state index contributed by atoms with van der Waals surface area (Å²) >= 11 is 3.29. The van der Waals surface area contributed by atoms with Gasteiger partial charge in [0.2, 0.25) is 0 Å². The molecule has 0 saturated heterocycles. The molecule has 4 aromatic rings. The van der Waals surface area contributed by atoms with Crippen LogP contribution in [0.4, 0.5) is 32.3 Å². The van der Waals surface area contributed by atoms with Gasteiger partial charge in [-0.3, -0.25) is 0 Å². The van der Waals surface area contributed by atoms with E-state index in [0.717, 1.165) is 46.7 Å². The number of likely N-dealkylation sites (N-methyl/N-ethyl adjacent to an activating group) is 1. The van der Waals surface area contributed by atoms with E-state index in [1.807, 2.05) is 79.2 Å². The molecule has 0 bridgehead atoms. The molecule has 0 aliphatic heterocycles. The third-order valence-electron chi connectivity index (χ3n) is 6.81. The van der Waals surface area contributed by atoms with Crippen molar-refractivity contribution in [2.24, 2.45) is 0 Å². The summed E-state index contributed by atoms with van der Waals surface area (Å²) in [6.45, 7) is 4.73. The van der Waals surface area contributed by atoms with Gasteiger partial charge in [0, 0.05) is 30.4 Å². The number of aliphatic hydroxyl groups excluding tert-OH is 1. The molecule has 4 rings (SSSR count). The van der Waals surface area contributed by atoms with Crippen molar-refractivity contribution in [3.8, 4) is 20.9 Å². The summed E-state index contributed by atoms with van der Waals surface area (Å²) in [4.78, 5) is 29.9. The van der Waals surface area contributed by atoms with Gasteiger partial charge in [-0.1, -0.05) is 44.5 Å². The maximum absolute atomic E-state index is 12.4. The number of nitrogens with one attached hydrogen (secondary N) is 2. The van der Waals surface area contributed by atoms with Crippen molar-refractivity contribution in [2.75, 3.05) is 49.3 Å². The van der Waals surface area contributed by atoms with Gasteiger partial charge >= 0.3 is 12.1 Å². The third kappa shape index (κ3) is 9.47. The highest BCUT2D eigenvalue weighted by Gasteiger charge is 2.19. The van der Waals surface area contributed by atoms with E-state index in [-0.39, 0.29) is 24.7 Å². The van der Waals surface area contributed by atoms with Crippen LogP contribution in [0.2, 0.25) is 0 Å². The summed E-state index contributed by atoms with van der Waals surface area (Å²) in [6, 6.07) is 18.8. The number of carbonyl (C=O) groups is 2. The average molecular weight is 623 g/mol. The van der Waals surface area contributed by atoms with Crippen molar-refractivity contribution < 1.29 is 14.7 Å². The van der Waals surface area contributed by atoms with Gasteiger partial charge in [0.25, 0.3) is 0 Å². The Hall–Kier alpha value is -4.06. The summed E-state index contributed by atoms with van der Waals surface area (Å²) < 4.78 is 0. The smallest absolute Gasteiger partial charge is 0.321 e. The van der Waals surface area contributed by atoms with E-state index in [0.29, 0.717) is 22.7 Å². The second-order valence-electron chi connectivity index (χ2n) is 10.1. The summed E-state index contributed by atoms with van der Waals surface area (Å²) in [6.07, 6.45) is 2.58. The molecule has 0 spiro atoms. The molecule has 0 saturated carbocycles. The second kappa shape index (κ2) is 16.5. The van der Waals surface area contributed by atoms with Gasteiger partial charge in [0.1, 0.15) is 0 Å². The number of hydrogen-bond acceptors (Lipinski definition) is 7. The van der Waals surface area contributed by atoms with Crippen molar-refractivity contribution in [1.29, 1.82) is 0 Å². The number of carbonyl (C=O) groups excluding carboxylic acids is 2. The number of rotatable bonds is 10. The summed E-state index contributed by atoms with van der Waals surface area (Å²) in [5, 5.41) is 19.2. The van der Waals surface area contributed by atoms with Crippen LogP contribution in [0.25, 0.3) is 20.9 Å². The lowest BCUT2D eigenvalue weighted by atomic mass is 10.1. The highest BCUT2D eigenvalue weighted by Crippen LogP contribution is 2.31. The van der Waals surface area contributed by atoms with Crippen LogP contribution >= 0.6 is 22.7 Å². The Balaban J connectivity index is 0.000000238. The summed E-state index contributed by atoms with van der Waals surface area (Å²) in [5.41, 5.74) is 16.3. The van der Waals surface area contributed by atoms with Crippen molar-refractivity contribution in [1.82, 2.24) is 9.80 Å². The first-order valence-electron chi connectivity index (χ1n) is 14.2. The van der Waals surface area contributed by atoms with E-state index in [2.05, 4.69) is 10.6 Å². The van der Waals surface area contributed by atoms with E-state index < -0.39 is 0 Å². The van der Waals surface area contributed by atoms with Gasteiger partial charge in [-0.05, 0) is 71.1 Å². The maximum Gasteiger partial charge on any atom is 0.321 e. The Morgan fingerprint density at radius 3 is 1.74 bits per heavy atom. The normalized spacial score (nSPS) is 11.2. The molecule has 1 atom stereocenters. The Bertz CT molecular complexity index is 1440. The standard InChI is InChI=1S/C17H23N3O2S.C15H19N3OS/c1-3-5-13(11-21)20(2)17(22)19-15-10-12(7-8-14(15)18)16-6-4-9-23-16;1-3-8-18(2)15(19)17-13-10-11(6-7-12(13)16)14-5-4-9-20-14/h4,6-10,13,21H,3,5,11,18H2,1-2H3,(H,19,22);4-7,9-10H,3,8,16H2,1-2H3,(H,17,19). The third-order valence-corrected chi connectivity index (χ3v) is 8.65. The number of benzene rings is 2. The van der Waals surface area contributed by atoms with Gasteiger partial charge in [-0.25, -0.2) is 9.59 Å². The second-order valence-corrected chi connectivity index (χ2v) is 12.0. The SMILES string of the molecule is CCCC(CO)N(C)C(=O)Nc1cc(-c2cccs2)ccc1N.CCCN(C)C(=O)Nc1cc(-c2cccs2)ccc1N. The molecule has 0 radical (unpaired) electrons. The summed E-state index contributed by atoms with van der Waals surface area (Å²) in [7, 11) is 3.46. The van der Waals surface area contributed by atoms with Crippen LogP contribution in [0.1, 0.15) is 33.1 Å². The van der Waals surface area contributed by atoms with E-state index >= 15 is 0 Å². The molecule has 43 heavy (non-hydrogen) atoms. The molecular formula is C32H42N6O3S2. The number of aliphatic hydroxyl groups is 1. The predicted octanol–water partition coefficient (Wildman–Crippen LogP) is 7.49. The zero-order valence-corrected chi connectivity index (χ0v) is 26.8. The highest BCUT2D eigenvalue weighted by atomic mass is 32.1. The number of hydrogen-bond donors (Lipinski definition) is 5. The van der Waals surface area contributed by atoms with Gasteiger partial charge < -0.3 is 37.0 Å². The lowest BCUT2D eigenvalue weighted by Crippen LogP contribution is -2.42. The molecule has 230 valence electrons. The molecule has 2 aromatic heterocycles. The maximum atomic E-state index is 12.4. The molecule has 2 aromatic carbocycles. The number of nitrogen functional groups attached to an aromatic ring is 2. The molecule has 0 aliphatic carbocycles. The fraction of sp³-hybridized carbons (Fsp3) is 0.312. The summed E-state index contributed by atoms with van der Waals surface area (Å²) in [5.74, 6) is 0. The molecule has 4 amide bonds. The van der Waals surface area contributed by atoms with Gasteiger partial charge in [0.15, 0.2) is 0 Å². The van der Waals surface area contributed by atoms with Crippen LogP contribution in [-0.4, -0.2) is 60.3 Å². The first-order chi connectivity index (χ1) is 20.7. The lowest BCUT2D eigenvalue weighted by Gasteiger charge is -2.26. The minimum atomic E-state index is -0.271. The van der Waals surface area contributed by atoms with Crippen LogP contribution < -0.4 is 22.1 Å². The molecule has 7 N–H and O–H groups in total. The van der Waals surface area contributed by atoms with Gasteiger partial charge in [-0.2, -0.15) is 0 Å². The van der Waals surface area contributed by atoms with Crippen LogP contribution in [-0.2, 0) is 0 Å². The number of nitrogens with two attached hydrogens (primary N) is 2. The van der Waals surface area contributed by atoms with Crippen LogP contribution in [0.3, 0.4) is 0 Å². The van der Waals surface area contributed by atoms with Crippen molar-refractivity contribution in [3.63, 3.8) is 0 Å². The van der Waals surface area contributed by atoms with E-state index in [1.54, 1.807) is 47.7 Å². The topological polar surface area (TPSA) is 137 Å². The minimum absolute atomic E-state index is 0.0531. The lowest BCUT2D eigenvalue weighted by molar-refractivity contribution is 0.152. The fourth-order valence-corrected chi connectivity index (χ4v) is 5.73. The predicted molar refractivity (Wildman–Crippen MR) is 183 cm³/mol. The Kier molecular flexibility index (Phi) is 12.9. The Morgan fingerprint density at radius 2 is 1.33 bits per heavy atom. The van der Waals surface area contributed by atoms with E-state index in [4.69, 9.17) is 11.5 Å². The molecule has 11 heteroatoms. The number of urea groups is 2. The zero-order valence-electron chi connectivity index (χ0n) is 25.2. The zero-order chi connectivity index (χ0) is 31.4. The van der Waals surface area contributed by atoms with Crippen molar-refractivity contribution in [3.05, 3.63) is 71.4 Å². The molecular weight excluding hydrogens is 581 g/mol. The Labute approximate surface area is 262 Å². The Morgan fingerprint density at radius 1 is 0.814 bits per heavy atom. The molecule has 0 aliphatic rings. The minimum Gasteiger partial charge on any atom is -0.397 e. The first kappa shape index (κ1) is 33.4. The van der Waals surface area contributed by atoms with Crippen LogP contribution in [0, 0.1) is 0 Å². The molecule has 1 unspecified atom stereocenters. The fourth-order valence-electron chi connectivity index (χ4n) is 4.28. The average Bonchev–Trinajstić information content (AvgIpc) is 3.74. The highest BCUT2D eigenvalue weighted by molar-refractivity contribution is 7.13. The van der Waals surface area contributed by atoms with E-state index in [1.165, 1.54) is 4.90 Å². The largest absolute Gasteiger partial charge is 0.397 e. The first-order valence-corrected chi connectivity index (χ1v) is 16.0. The van der Waals surface area contributed by atoms with Gasteiger partial charge in [0.05, 0.1) is 35.4 Å². The molecule has 9 nitrogen and oxygen atoms in total. The monoisotopic (exact) mass is 622 g/mol. The molecule has 2 heterocycles. The van der Waals surface area contributed by atoms with Crippen LogP contribution in [0.5, 0.6) is 0 Å². The quantitative estimate of drug-likeness (QED) is 0.117. The van der Waals surface area contributed by atoms with Crippen molar-refractivity contribution in [2.45, 2.75) is 39.2 Å². The van der Waals surface area contributed by atoms with Crippen molar-refractivity contribution >= 4 is 57.5 Å². The molecule has 0 fully saturated rings. The number of amides is 4.